The summed E-state index contributed by atoms with van der Waals surface area (Å²) in [6.07, 6.45) is 0.826. The minimum Gasteiger partial charge on any atom is -0.489 e. The first-order valence-electron chi connectivity index (χ1n) is 5.23. The van der Waals surface area contributed by atoms with Gasteiger partial charge in [-0.25, -0.2) is 8.78 Å². The summed E-state index contributed by atoms with van der Waals surface area (Å²) >= 11 is 0. The smallest absolute Gasteiger partial charge is 0.153 e. The first-order chi connectivity index (χ1) is 7.70. The summed E-state index contributed by atoms with van der Waals surface area (Å²) in [4.78, 5) is 0. The van der Waals surface area contributed by atoms with Gasteiger partial charge in [0, 0.05) is 12.1 Å². The van der Waals surface area contributed by atoms with E-state index in [9.17, 15) is 8.78 Å². The van der Waals surface area contributed by atoms with Crippen molar-refractivity contribution in [3.8, 4) is 5.75 Å². The van der Waals surface area contributed by atoms with Crippen molar-refractivity contribution >= 4 is 5.69 Å². The van der Waals surface area contributed by atoms with Gasteiger partial charge in [-0.3, -0.25) is 0 Å². The number of anilines is 1. The van der Waals surface area contributed by atoms with Crippen LogP contribution in [0.2, 0.25) is 0 Å². The Balaban J connectivity index is 2.14. The third-order valence-electron chi connectivity index (χ3n) is 2.55. The number of hydrogen-bond acceptors (Lipinski definition) is 3. The second kappa shape index (κ2) is 4.65. The van der Waals surface area contributed by atoms with Gasteiger partial charge in [0.25, 0.3) is 0 Å². The molecule has 88 valence electrons. The lowest BCUT2D eigenvalue weighted by Crippen LogP contribution is -2.34. The van der Waals surface area contributed by atoms with Gasteiger partial charge in [-0.1, -0.05) is 0 Å². The Labute approximate surface area is 92.8 Å². The second-order valence-electron chi connectivity index (χ2n) is 3.81. The molecule has 0 radical (unpaired) electrons. The standard InChI is InChI=1S/C11H14F2N2O/c1-14-3-2-8-6-16-10-5-7(12)4-9(13)11(10)15-8/h4-5,8,14-15H,2-3,6H2,1H3. The van der Waals surface area contributed by atoms with Gasteiger partial charge in [0.05, 0.1) is 6.04 Å². The van der Waals surface area contributed by atoms with E-state index in [1.807, 2.05) is 7.05 Å². The number of ether oxygens (including phenoxy) is 1. The monoisotopic (exact) mass is 228 g/mol. The fourth-order valence-electron chi connectivity index (χ4n) is 1.71. The van der Waals surface area contributed by atoms with Gasteiger partial charge in [0.2, 0.25) is 0 Å². The lowest BCUT2D eigenvalue weighted by Gasteiger charge is -2.27. The first kappa shape index (κ1) is 11.1. The van der Waals surface area contributed by atoms with E-state index in [4.69, 9.17) is 4.74 Å². The van der Waals surface area contributed by atoms with Crippen molar-refractivity contribution in [3.63, 3.8) is 0 Å². The Kier molecular flexibility index (Phi) is 3.24. The predicted molar refractivity (Wildman–Crippen MR) is 57.8 cm³/mol. The zero-order valence-corrected chi connectivity index (χ0v) is 9.02. The fraction of sp³-hybridized carbons (Fsp3) is 0.455. The molecule has 2 N–H and O–H groups in total. The van der Waals surface area contributed by atoms with E-state index in [-0.39, 0.29) is 17.5 Å². The number of fused-ring (bicyclic) bond motifs is 1. The molecule has 0 aromatic heterocycles. The van der Waals surface area contributed by atoms with Crippen LogP contribution in [0, 0.1) is 11.6 Å². The quantitative estimate of drug-likeness (QED) is 0.826. The number of hydrogen-bond donors (Lipinski definition) is 2. The molecule has 0 saturated carbocycles. The minimum atomic E-state index is -0.619. The largest absolute Gasteiger partial charge is 0.489 e. The van der Waals surface area contributed by atoms with E-state index in [0.717, 1.165) is 19.0 Å². The van der Waals surface area contributed by atoms with Gasteiger partial charge < -0.3 is 15.4 Å². The van der Waals surface area contributed by atoms with Gasteiger partial charge >= 0.3 is 0 Å². The van der Waals surface area contributed by atoms with E-state index >= 15 is 0 Å². The van der Waals surface area contributed by atoms with Gasteiger partial charge in [-0.15, -0.1) is 0 Å². The van der Waals surface area contributed by atoms with E-state index in [1.165, 1.54) is 6.07 Å². The maximum absolute atomic E-state index is 13.4. The highest BCUT2D eigenvalue weighted by molar-refractivity contribution is 5.59. The third-order valence-corrected chi connectivity index (χ3v) is 2.55. The van der Waals surface area contributed by atoms with Crippen LogP contribution in [0.3, 0.4) is 0 Å². The Morgan fingerprint density at radius 1 is 1.50 bits per heavy atom. The summed E-state index contributed by atoms with van der Waals surface area (Å²) in [6.45, 7) is 1.25. The maximum atomic E-state index is 13.4. The van der Waals surface area contributed by atoms with Crippen molar-refractivity contribution in [1.29, 1.82) is 0 Å². The molecule has 1 heterocycles. The Morgan fingerprint density at radius 2 is 2.31 bits per heavy atom. The molecule has 1 aromatic carbocycles. The zero-order valence-electron chi connectivity index (χ0n) is 9.02. The fourth-order valence-corrected chi connectivity index (χ4v) is 1.71. The molecule has 16 heavy (non-hydrogen) atoms. The van der Waals surface area contributed by atoms with Crippen molar-refractivity contribution < 1.29 is 13.5 Å². The predicted octanol–water partition coefficient (Wildman–Crippen LogP) is 1.75. The summed E-state index contributed by atoms with van der Waals surface area (Å²) in [5, 5.41) is 6.03. The van der Waals surface area contributed by atoms with Crippen LogP contribution >= 0.6 is 0 Å². The molecular weight excluding hydrogens is 214 g/mol. The summed E-state index contributed by atoms with van der Waals surface area (Å²) in [6, 6.07) is 2.11. The Bertz CT molecular complexity index is 384. The van der Waals surface area contributed by atoms with Gasteiger partial charge in [-0.2, -0.15) is 0 Å². The number of nitrogens with one attached hydrogen (secondary N) is 2. The summed E-state index contributed by atoms with van der Waals surface area (Å²) in [5.74, 6) is -0.978. The van der Waals surface area contributed by atoms with Gasteiger partial charge in [0.15, 0.2) is 5.82 Å². The van der Waals surface area contributed by atoms with Crippen LogP contribution in [-0.2, 0) is 0 Å². The molecule has 0 aliphatic carbocycles. The summed E-state index contributed by atoms with van der Waals surface area (Å²) in [5.41, 5.74) is 0.258. The van der Waals surface area contributed by atoms with Crippen molar-refractivity contribution in [2.24, 2.45) is 0 Å². The number of benzene rings is 1. The van der Waals surface area contributed by atoms with E-state index < -0.39 is 11.6 Å². The molecule has 2 rings (SSSR count). The molecule has 5 heteroatoms. The summed E-state index contributed by atoms with van der Waals surface area (Å²) < 4.78 is 31.7. The molecule has 0 bridgehead atoms. The van der Waals surface area contributed by atoms with Gasteiger partial charge in [-0.05, 0) is 20.0 Å². The highest BCUT2D eigenvalue weighted by Gasteiger charge is 2.22. The minimum absolute atomic E-state index is 0.0555. The van der Waals surface area contributed by atoms with Crippen molar-refractivity contribution in [2.75, 3.05) is 25.5 Å². The van der Waals surface area contributed by atoms with Crippen molar-refractivity contribution in [1.82, 2.24) is 5.32 Å². The Morgan fingerprint density at radius 3 is 3.06 bits per heavy atom. The molecule has 1 atom stereocenters. The lowest BCUT2D eigenvalue weighted by molar-refractivity contribution is 0.274. The molecule has 0 spiro atoms. The zero-order chi connectivity index (χ0) is 11.5. The van der Waals surface area contributed by atoms with E-state index in [0.29, 0.717) is 6.61 Å². The highest BCUT2D eigenvalue weighted by Crippen LogP contribution is 2.32. The molecule has 1 aliphatic rings. The number of rotatable bonds is 3. The van der Waals surface area contributed by atoms with Crippen LogP contribution in [0.1, 0.15) is 6.42 Å². The topological polar surface area (TPSA) is 33.3 Å². The third kappa shape index (κ3) is 2.24. The first-order valence-corrected chi connectivity index (χ1v) is 5.23. The van der Waals surface area contributed by atoms with Crippen LogP contribution in [0.5, 0.6) is 5.75 Å². The highest BCUT2D eigenvalue weighted by atomic mass is 19.1. The normalized spacial score (nSPS) is 18.6. The molecule has 0 amide bonds. The van der Waals surface area contributed by atoms with Crippen LogP contribution in [0.25, 0.3) is 0 Å². The van der Waals surface area contributed by atoms with Crippen LogP contribution in [-0.4, -0.2) is 26.2 Å². The average molecular weight is 228 g/mol. The SMILES string of the molecule is CNCCC1COc2cc(F)cc(F)c2N1. The molecule has 1 aromatic rings. The maximum Gasteiger partial charge on any atom is 0.153 e. The van der Waals surface area contributed by atoms with Crippen molar-refractivity contribution in [2.45, 2.75) is 12.5 Å². The molecule has 1 aliphatic heterocycles. The average Bonchev–Trinajstić information content (AvgIpc) is 2.26. The lowest BCUT2D eigenvalue weighted by atomic mass is 10.1. The molecule has 0 fully saturated rings. The second-order valence-corrected chi connectivity index (χ2v) is 3.81. The van der Waals surface area contributed by atoms with E-state index in [1.54, 1.807) is 0 Å². The van der Waals surface area contributed by atoms with Crippen molar-refractivity contribution in [3.05, 3.63) is 23.8 Å². The van der Waals surface area contributed by atoms with Crippen LogP contribution < -0.4 is 15.4 Å². The van der Waals surface area contributed by atoms with Gasteiger partial charge in [0.1, 0.15) is 23.9 Å². The van der Waals surface area contributed by atoms with E-state index in [2.05, 4.69) is 10.6 Å². The number of halogens is 2. The molecule has 3 nitrogen and oxygen atoms in total. The molecular formula is C11H14F2N2O. The van der Waals surface area contributed by atoms with Crippen LogP contribution in [0.15, 0.2) is 12.1 Å². The van der Waals surface area contributed by atoms with Crippen LogP contribution in [0.4, 0.5) is 14.5 Å². The molecule has 1 unspecified atom stereocenters. The molecule has 0 saturated heterocycles. The Hall–Kier alpha value is -1.36. The summed E-state index contributed by atoms with van der Waals surface area (Å²) in [7, 11) is 1.85.